The van der Waals surface area contributed by atoms with E-state index >= 15 is 0 Å². The first-order valence-corrected chi connectivity index (χ1v) is 6.49. The highest BCUT2D eigenvalue weighted by Crippen LogP contribution is 2.38. The quantitative estimate of drug-likeness (QED) is 0.687. The Bertz CT molecular complexity index is 329. The maximum absolute atomic E-state index is 11.8. The van der Waals surface area contributed by atoms with Crippen LogP contribution in [0.15, 0.2) is 0 Å². The largest absolute Gasteiger partial charge is 0.468 e. The number of nitrogens with zero attached hydrogens (tertiary/aromatic N) is 2. The van der Waals surface area contributed by atoms with Gasteiger partial charge < -0.3 is 4.74 Å². The lowest BCUT2D eigenvalue weighted by atomic mass is 9.81. The number of carbonyl (C=O) groups excluding carboxylic acids is 1. The Morgan fingerprint density at radius 1 is 1.35 bits per heavy atom. The summed E-state index contributed by atoms with van der Waals surface area (Å²) in [5, 5.41) is 9.53. The second-order valence-electron chi connectivity index (χ2n) is 5.08. The Labute approximate surface area is 103 Å². The summed E-state index contributed by atoms with van der Waals surface area (Å²) in [6.07, 6.45) is 7.02. The van der Waals surface area contributed by atoms with Gasteiger partial charge in [-0.05, 0) is 25.7 Å². The molecule has 0 radical (unpaired) electrons. The Kier molecular flexibility index (Phi) is 3.68. The first-order valence-electron chi connectivity index (χ1n) is 6.49. The van der Waals surface area contributed by atoms with Crippen molar-refractivity contribution in [2.24, 2.45) is 0 Å². The molecule has 0 aromatic rings. The van der Waals surface area contributed by atoms with Crippen molar-refractivity contribution in [2.75, 3.05) is 13.7 Å². The van der Waals surface area contributed by atoms with E-state index in [0.717, 1.165) is 45.1 Å². The summed E-state index contributed by atoms with van der Waals surface area (Å²) in [6, 6.07) is 2.29. The van der Waals surface area contributed by atoms with Gasteiger partial charge in [0.05, 0.1) is 13.2 Å². The van der Waals surface area contributed by atoms with Crippen LogP contribution in [0.5, 0.6) is 0 Å². The third-order valence-corrected chi connectivity index (χ3v) is 4.16. The molecule has 2 aliphatic rings. The molecule has 2 rings (SSSR count). The molecule has 0 aromatic carbocycles. The molecule has 1 saturated heterocycles. The van der Waals surface area contributed by atoms with E-state index in [1.807, 2.05) is 0 Å². The summed E-state index contributed by atoms with van der Waals surface area (Å²) in [5.74, 6) is -0.178. The fourth-order valence-corrected chi connectivity index (χ4v) is 3.26. The van der Waals surface area contributed by atoms with E-state index in [1.54, 1.807) is 0 Å². The molecule has 4 nitrogen and oxygen atoms in total. The van der Waals surface area contributed by atoms with E-state index in [1.165, 1.54) is 13.5 Å². The zero-order chi connectivity index (χ0) is 12.3. The van der Waals surface area contributed by atoms with E-state index in [4.69, 9.17) is 4.74 Å². The molecule has 94 valence electrons. The standard InChI is InChI=1S/C13H20N2O2/c1-17-12(16)11-6-5-9-15(11)13(10-14)7-3-2-4-8-13/h11H,2-9H2,1H3/t11-/m0/s1. The average molecular weight is 236 g/mol. The van der Waals surface area contributed by atoms with Crippen molar-refractivity contribution < 1.29 is 9.53 Å². The van der Waals surface area contributed by atoms with Crippen LogP contribution in [-0.2, 0) is 9.53 Å². The van der Waals surface area contributed by atoms with Gasteiger partial charge in [0.2, 0.25) is 0 Å². The van der Waals surface area contributed by atoms with Crippen LogP contribution in [0.1, 0.15) is 44.9 Å². The molecule has 1 aliphatic carbocycles. The van der Waals surface area contributed by atoms with Gasteiger partial charge in [-0.2, -0.15) is 5.26 Å². The summed E-state index contributed by atoms with van der Waals surface area (Å²) in [5.41, 5.74) is -0.409. The molecule has 0 unspecified atom stereocenters. The van der Waals surface area contributed by atoms with Crippen LogP contribution in [0.2, 0.25) is 0 Å². The molecule has 0 aromatic heterocycles. The molecular formula is C13H20N2O2. The van der Waals surface area contributed by atoms with E-state index in [0.29, 0.717) is 0 Å². The molecule has 1 saturated carbocycles. The Morgan fingerprint density at radius 3 is 2.65 bits per heavy atom. The van der Waals surface area contributed by atoms with Gasteiger partial charge in [-0.15, -0.1) is 0 Å². The molecule has 2 fully saturated rings. The smallest absolute Gasteiger partial charge is 0.323 e. The minimum absolute atomic E-state index is 0.178. The molecule has 1 aliphatic heterocycles. The number of carbonyl (C=O) groups is 1. The highest BCUT2D eigenvalue weighted by Gasteiger charge is 2.46. The summed E-state index contributed by atoms with van der Waals surface area (Å²) >= 11 is 0. The van der Waals surface area contributed by atoms with Gasteiger partial charge in [0.15, 0.2) is 0 Å². The van der Waals surface area contributed by atoms with Gasteiger partial charge in [-0.1, -0.05) is 19.3 Å². The van der Waals surface area contributed by atoms with Crippen LogP contribution in [-0.4, -0.2) is 36.1 Å². The number of hydrogen-bond acceptors (Lipinski definition) is 4. The van der Waals surface area contributed by atoms with Gasteiger partial charge >= 0.3 is 5.97 Å². The van der Waals surface area contributed by atoms with Crippen molar-refractivity contribution in [3.8, 4) is 6.07 Å². The molecule has 0 amide bonds. The van der Waals surface area contributed by atoms with Crippen molar-refractivity contribution in [3.05, 3.63) is 0 Å². The lowest BCUT2D eigenvalue weighted by Gasteiger charge is -2.41. The molecule has 0 spiro atoms. The predicted octanol–water partition coefficient (Wildman–Crippen LogP) is 1.85. The van der Waals surface area contributed by atoms with Crippen molar-refractivity contribution in [1.29, 1.82) is 5.26 Å². The Balaban J connectivity index is 2.18. The van der Waals surface area contributed by atoms with Gasteiger partial charge in [0.25, 0.3) is 0 Å². The summed E-state index contributed by atoms with van der Waals surface area (Å²) in [4.78, 5) is 13.9. The number of nitriles is 1. The average Bonchev–Trinajstić information content (AvgIpc) is 2.88. The van der Waals surface area contributed by atoms with Gasteiger partial charge in [-0.3, -0.25) is 9.69 Å². The number of likely N-dealkylation sites (tertiary alicyclic amines) is 1. The fourth-order valence-electron chi connectivity index (χ4n) is 3.26. The van der Waals surface area contributed by atoms with Crippen LogP contribution in [0.25, 0.3) is 0 Å². The van der Waals surface area contributed by atoms with Crippen LogP contribution < -0.4 is 0 Å². The lowest BCUT2D eigenvalue weighted by molar-refractivity contribution is -0.147. The highest BCUT2D eigenvalue weighted by molar-refractivity contribution is 5.76. The van der Waals surface area contributed by atoms with Crippen molar-refractivity contribution >= 4 is 5.97 Å². The molecule has 4 heteroatoms. The molecular weight excluding hydrogens is 216 g/mol. The minimum Gasteiger partial charge on any atom is -0.468 e. The van der Waals surface area contributed by atoms with E-state index in [-0.39, 0.29) is 12.0 Å². The third-order valence-electron chi connectivity index (χ3n) is 4.16. The molecule has 0 N–H and O–H groups in total. The third kappa shape index (κ3) is 2.16. The first kappa shape index (κ1) is 12.4. The van der Waals surface area contributed by atoms with Gasteiger partial charge in [0.1, 0.15) is 11.6 Å². The topological polar surface area (TPSA) is 53.3 Å². The normalized spacial score (nSPS) is 28.6. The van der Waals surface area contributed by atoms with Crippen LogP contribution >= 0.6 is 0 Å². The predicted molar refractivity (Wildman–Crippen MR) is 63.2 cm³/mol. The molecule has 1 heterocycles. The second-order valence-corrected chi connectivity index (χ2v) is 5.08. The number of esters is 1. The van der Waals surface area contributed by atoms with E-state index in [2.05, 4.69) is 11.0 Å². The fraction of sp³-hybridized carbons (Fsp3) is 0.846. The van der Waals surface area contributed by atoms with Gasteiger partial charge in [-0.25, -0.2) is 0 Å². The Morgan fingerprint density at radius 2 is 2.06 bits per heavy atom. The van der Waals surface area contributed by atoms with E-state index in [9.17, 15) is 10.1 Å². The summed E-state index contributed by atoms with van der Waals surface area (Å²) in [6.45, 7) is 0.854. The zero-order valence-corrected chi connectivity index (χ0v) is 10.4. The SMILES string of the molecule is COC(=O)[C@@H]1CCCN1C1(C#N)CCCCC1. The first-order chi connectivity index (χ1) is 8.23. The number of rotatable bonds is 2. The Hall–Kier alpha value is -1.08. The maximum atomic E-state index is 11.8. The van der Waals surface area contributed by atoms with Crippen LogP contribution in [0.3, 0.4) is 0 Å². The molecule has 0 bridgehead atoms. The summed E-state index contributed by atoms with van der Waals surface area (Å²) < 4.78 is 4.85. The molecule has 1 atom stereocenters. The maximum Gasteiger partial charge on any atom is 0.323 e. The van der Waals surface area contributed by atoms with Crippen LogP contribution in [0.4, 0.5) is 0 Å². The number of hydrogen-bond donors (Lipinski definition) is 0. The van der Waals surface area contributed by atoms with Crippen LogP contribution in [0, 0.1) is 11.3 Å². The van der Waals surface area contributed by atoms with E-state index < -0.39 is 5.54 Å². The lowest BCUT2D eigenvalue weighted by Crippen LogP contribution is -2.53. The van der Waals surface area contributed by atoms with Crippen molar-refractivity contribution in [2.45, 2.75) is 56.5 Å². The van der Waals surface area contributed by atoms with Crippen molar-refractivity contribution in [1.82, 2.24) is 4.90 Å². The molecule has 17 heavy (non-hydrogen) atoms. The monoisotopic (exact) mass is 236 g/mol. The minimum atomic E-state index is -0.409. The second kappa shape index (κ2) is 5.05. The number of methoxy groups -OCH3 is 1. The van der Waals surface area contributed by atoms with Crippen molar-refractivity contribution in [3.63, 3.8) is 0 Å². The highest BCUT2D eigenvalue weighted by atomic mass is 16.5. The zero-order valence-electron chi connectivity index (χ0n) is 10.4. The summed E-state index contributed by atoms with van der Waals surface area (Å²) in [7, 11) is 1.43. The van der Waals surface area contributed by atoms with Gasteiger partial charge in [0, 0.05) is 6.54 Å². The number of ether oxygens (including phenoxy) is 1.